The summed E-state index contributed by atoms with van der Waals surface area (Å²) >= 11 is 2.36. The van der Waals surface area contributed by atoms with Gasteiger partial charge in [-0.15, -0.1) is 0 Å². The number of aromatic hydroxyl groups is 1. The first-order chi connectivity index (χ1) is 19.1. The molecule has 4 aromatic rings. The molecule has 1 unspecified atom stereocenters. The van der Waals surface area contributed by atoms with Crippen LogP contribution < -0.4 is 9.64 Å². The van der Waals surface area contributed by atoms with Crippen molar-refractivity contribution in [1.82, 2.24) is 19.5 Å². The first kappa shape index (κ1) is 25.7. The molecule has 0 spiro atoms. The van der Waals surface area contributed by atoms with Crippen molar-refractivity contribution in [2.45, 2.75) is 63.9 Å². The molecule has 1 atom stereocenters. The SMILES string of the molecule is Cc1ccc2c(cnn2PI)c1-c1c(C2CC2)cc2c(N3CCCCC3)nc(OC3CCOCC3)nc2c1O. The summed E-state index contributed by atoms with van der Waals surface area (Å²) in [6, 6.07) is 6.90. The van der Waals surface area contributed by atoms with Gasteiger partial charge in [-0.3, -0.25) is 0 Å². The van der Waals surface area contributed by atoms with Gasteiger partial charge in [-0.05, 0) is 95.8 Å². The van der Waals surface area contributed by atoms with Crippen molar-refractivity contribution in [2.75, 3.05) is 31.2 Å². The number of hydrogen-bond donors (Lipinski definition) is 1. The van der Waals surface area contributed by atoms with Crippen LogP contribution in [0.5, 0.6) is 11.8 Å². The summed E-state index contributed by atoms with van der Waals surface area (Å²) in [6.07, 6.45) is 9.90. The molecule has 1 aliphatic carbocycles. The molecule has 3 fully saturated rings. The minimum Gasteiger partial charge on any atom is -0.505 e. The number of aromatic nitrogens is 4. The molecule has 39 heavy (non-hydrogen) atoms. The quantitative estimate of drug-likeness (QED) is 0.179. The number of rotatable bonds is 6. The molecule has 2 aromatic carbocycles. The zero-order chi connectivity index (χ0) is 26.5. The molecule has 2 aliphatic heterocycles. The summed E-state index contributed by atoms with van der Waals surface area (Å²) in [5, 5.41) is 18.8. The maximum absolute atomic E-state index is 12.2. The number of halogens is 1. The van der Waals surface area contributed by atoms with Crippen molar-refractivity contribution in [2.24, 2.45) is 0 Å². The Hall–Kier alpha value is -2.23. The van der Waals surface area contributed by atoms with Crippen LogP contribution >= 0.6 is 28.4 Å². The molecule has 8 nitrogen and oxygen atoms in total. The lowest BCUT2D eigenvalue weighted by Gasteiger charge is -2.30. The number of nitrogens with zero attached hydrogens (tertiary/aromatic N) is 5. The fraction of sp³-hybridized carbons (Fsp3) is 0.483. The highest BCUT2D eigenvalue weighted by molar-refractivity contribution is 14.2. The lowest BCUT2D eigenvalue weighted by atomic mass is 9.89. The number of piperidine rings is 1. The number of benzene rings is 2. The van der Waals surface area contributed by atoms with Crippen LogP contribution in [0.2, 0.25) is 0 Å². The van der Waals surface area contributed by atoms with Gasteiger partial charge in [0.2, 0.25) is 0 Å². The first-order valence-electron chi connectivity index (χ1n) is 14.0. The Kier molecular flexibility index (Phi) is 7.01. The van der Waals surface area contributed by atoms with Gasteiger partial charge in [-0.2, -0.15) is 15.1 Å². The molecule has 3 aliphatic rings. The third-order valence-electron chi connectivity index (χ3n) is 8.36. The van der Waals surface area contributed by atoms with Gasteiger partial charge >= 0.3 is 6.01 Å². The topological polar surface area (TPSA) is 85.5 Å². The summed E-state index contributed by atoms with van der Waals surface area (Å²) in [6.45, 7) is 5.41. The normalized spacial score (nSPS) is 19.1. The van der Waals surface area contributed by atoms with Crippen LogP contribution in [0.1, 0.15) is 62.0 Å². The molecule has 10 heteroatoms. The molecule has 0 radical (unpaired) electrons. The van der Waals surface area contributed by atoms with Gasteiger partial charge in [-0.1, -0.05) is 6.07 Å². The maximum Gasteiger partial charge on any atom is 0.319 e. The Balaban J connectivity index is 1.47. The van der Waals surface area contributed by atoms with Crippen molar-refractivity contribution in [1.29, 1.82) is 0 Å². The fourth-order valence-electron chi connectivity index (χ4n) is 6.16. The van der Waals surface area contributed by atoms with Crippen LogP contribution in [-0.4, -0.2) is 57.0 Å². The number of fused-ring (bicyclic) bond motifs is 2. The second-order valence-corrected chi connectivity index (χ2v) is 13.0. The highest BCUT2D eigenvalue weighted by Gasteiger charge is 2.33. The predicted molar refractivity (Wildman–Crippen MR) is 165 cm³/mol. The van der Waals surface area contributed by atoms with E-state index in [0.717, 1.165) is 90.4 Å². The standard InChI is InChI=1S/C29H33IN5O3P/c1-17-5-8-23-22(16-31-35(23)39-30)24(17)25-20(18-6-7-18)15-21-26(27(25)36)32-29(38-19-9-13-37-14-10-19)33-28(21)34-11-3-2-4-12-34/h5,8,15-16,18-19,36,39H,2-4,6-7,9-14H2,1H3. The number of hydrogen-bond acceptors (Lipinski definition) is 7. The lowest BCUT2D eigenvalue weighted by molar-refractivity contribution is 0.0219. The summed E-state index contributed by atoms with van der Waals surface area (Å²) in [4.78, 5) is 12.2. The fourth-order valence-corrected chi connectivity index (χ4v) is 7.71. The summed E-state index contributed by atoms with van der Waals surface area (Å²) < 4.78 is 13.9. The Morgan fingerprint density at radius 1 is 1.03 bits per heavy atom. The number of aryl methyl sites for hydroxylation is 1. The van der Waals surface area contributed by atoms with E-state index < -0.39 is 0 Å². The third kappa shape index (κ3) is 4.74. The Morgan fingerprint density at radius 2 is 1.82 bits per heavy atom. The lowest BCUT2D eigenvalue weighted by Crippen LogP contribution is -2.31. The van der Waals surface area contributed by atoms with Crippen molar-refractivity contribution in [3.05, 3.63) is 35.5 Å². The van der Waals surface area contributed by atoms with E-state index in [0.29, 0.717) is 37.0 Å². The van der Waals surface area contributed by atoms with E-state index in [9.17, 15) is 5.11 Å². The van der Waals surface area contributed by atoms with Gasteiger partial charge in [0.1, 0.15) is 23.2 Å². The smallest absolute Gasteiger partial charge is 0.319 e. The highest BCUT2D eigenvalue weighted by Crippen LogP contribution is 2.52. The van der Waals surface area contributed by atoms with E-state index in [1.165, 1.54) is 12.0 Å². The third-order valence-corrected chi connectivity index (χ3v) is 10.2. The van der Waals surface area contributed by atoms with E-state index in [1.54, 1.807) is 0 Å². The van der Waals surface area contributed by atoms with E-state index >= 15 is 0 Å². The minimum atomic E-state index is 0.0219. The van der Waals surface area contributed by atoms with Gasteiger partial charge in [0.25, 0.3) is 0 Å². The van der Waals surface area contributed by atoms with Gasteiger partial charge in [-0.25, -0.2) is 4.45 Å². The van der Waals surface area contributed by atoms with Crippen LogP contribution in [0, 0.1) is 6.92 Å². The summed E-state index contributed by atoms with van der Waals surface area (Å²) in [5.41, 5.74) is 5.93. The molecule has 1 N–H and O–H groups in total. The van der Waals surface area contributed by atoms with Crippen molar-refractivity contribution in [3.63, 3.8) is 0 Å². The molecular weight excluding hydrogens is 624 g/mol. The maximum atomic E-state index is 12.2. The molecule has 4 heterocycles. The van der Waals surface area contributed by atoms with E-state index in [2.05, 4.69) is 57.2 Å². The van der Waals surface area contributed by atoms with Crippen molar-refractivity contribution >= 4 is 56.0 Å². The van der Waals surface area contributed by atoms with Crippen LogP contribution in [-0.2, 0) is 4.74 Å². The average Bonchev–Trinajstić information content (AvgIpc) is 3.73. The van der Waals surface area contributed by atoms with Crippen LogP contribution in [0.3, 0.4) is 0 Å². The number of ether oxygens (including phenoxy) is 2. The van der Waals surface area contributed by atoms with Gasteiger partial charge in [0.15, 0.2) is 0 Å². The second-order valence-electron chi connectivity index (χ2n) is 11.0. The summed E-state index contributed by atoms with van der Waals surface area (Å²) in [7, 11) is 0. The van der Waals surface area contributed by atoms with Crippen LogP contribution in [0.15, 0.2) is 24.4 Å². The molecule has 2 aromatic heterocycles. The van der Waals surface area contributed by atoms with E-state index in [-0.39, 0.29) is 11.9 Å². The van der Waals surface area contributed by atoms with Crippen LogP contribution in [0.25, 0.3) is 32.9 Å². The predicted octanol–water partition coefficient (Wildman–Crippen LogP) is 6.88. The van der Waals surface area contributed by atoms with E-state index in [1.807, 2.05) is 10.6 Å². The monoisotopic (exact) mass is 657 g/mol. The zero-order valence-corrected chi connectivity index (χ0v) is 25.3. The van der Waals surface area contributed by atoms with Gasteiger partial charge in [0.05, 0.1) is 31.3 Å². The number of anilines is 1. The number of phenols is 1. The van der Waals surface area contributed by atoms with Crippen molar-refractivity contribution in [3.8, 4) is 22.9 Å². The Bertz CT molecular complexity index is 1540. The van der Waals surface area contributed by atoms with Crippen LogP contribution in [0.4, 0.5) is 5.82 Å². The molecule has 2 saturated heterocycles. The highest BCUT2D eigenvalue weighted by atomic mass is 127. The molecule has 7 rings (SSSR count). The Morgan fingerprint density at radius 3 is 2.56 bits per heavy atom. The molecule has 0 bridgehead atoms. The molecular formula is C29H33IN5O3P. The number of phenolic OH excluding ortho intramolecular Hbond substituents is 1. The van der Waals surface area contributed by atoms with Gasteiger partial charge < -0.3 is 19.5 Å². The first-order valence-corrected chi connectivity index (χ1v) is 18.1. The van der Waals surface area contributed by atoms with E-state index in [4.69, 9.17) is 19.4 Å². The molecule has 1 saturated carbocycles. The van der Waals surface area contributed by atoms with Gasteiger partial charge in [0, 0.05) is 42.3 Å². The average molecular weight is 657 g/mol. The van der Waals surface area contributed by atoms with Crippen molar-refractivity contribution < 1.29 is 14.6 Å². The molecule has 204 valence electrons. The molecule has 0 amide bonds. The summed E-state index contributed by atoms with van der Waals surface area (Å²) in [5.74, 6) is 1.55. The largest absolute Gasteiger partial charge is 0.505 e. The Labute approximate surface area is 242 Å². The second kappa shape index (κ2) is 10.6. The minimum absolute atomic E-state index is 0.0219. The zero-order valence-electron chi connectivity index (χ0n) is 22.1.